The van der Waals surface area contributed by atoms with Gasteiger partial charge in [0.2, 0.25) is 0 Å². The monoisotopic (exact) mass is 222 g/mol. The van der Waals surface area contributed by atoms with E-state index in [1.807, 2.05) is 0 Å². The Hall–Kier alpha value is 0.427. The molecule has 0 aromatic carbocycles. The van der Waals surface area contributed by atoms with Crippen molar-refractivity contribution in [1.82, 2.24) is 9.55 Å². The van der Waals surface area contributed by atoms with E-state index >= 15 is 0 Å². The highest BCUT2D eigenvalue weighted by atomic mass is 35.6. The second-order valence-electron chi connectivity index (χ2n) is 3.53. The fraction of sp³-hybridized carbons (Fsp3) is 1.00. The minimum atomic E-state index is -1.90. The van der Waals surface area contributed by atoms with Gasteiger partial charge in [-0.1, -0.05) is 34.6 Å². The largest absolute Gasteiger partial charge is 0.313 e. The van der Waals surface area contributed by atoms with Crippen LogP contribution in [0.25, 0.3) is 0 Å². The summed E-state index contributed by atoms with van der Waals surface area (Å²) in [6.45, 7) is 13.9. The molecule has 2 nitrogen and oxygen atoms in total. The van der Waals surface area contributed by atoms with Crippen molar-refractivity contribution in [2.75, 3.05) is 19.6 Å². The molecule has 0 aliphatic rings. The van der Waals surface area contributed by atoms with Gasteiger partial charge in [0.1, 0.15) is 0 Å². The summed E-state index contributed by atoms with van der Waals surface area (Å²) in [5, 5.41) is 0. The molecule has 0 rings (SSSR count). The first kappa shape index (κ1) is 13.4. The minimum absolute atomic E-state index is 0.536. The van der Waals surface area contributed by atoms with E-state index in [1.165, 1.54) is 0 Å². The Morgan fingerprint density at radius 1 is 1.23 bits per heavy atom. The molecule has 0 aliphatic carbocycles. The third kappa shape index (κ3) is 3.24. The minimum Gasteiger partial charge on any atom is -0.313 e. The molecule has 0 amide bonds. The Labute approximate surface area is 88.5 Å². The lowest BCUT2D eigenvalue weighted by Crippen LogP contribution is -2.62. The normalized spacial score (nSPS) is 16.6. The van der Waals surface area contributed by atoms with E-state index in [1.54, 1.807) is 0 Å². The van der Waals surface area contributed by atoms with Gasteiger partial charge < -0.3 is 9.55 Å². The molecule has 0 spiro atoms. The number of hydrogen-bond acceptors (Lipinski definition) is 2. The van der Waals surface area contributed by atoms with Gasteiger partial charge >= 0.3 is 7.71 Å². The van der Waals surface area contributed by atoms with Crippen LogP contribution < -0.4 is 4.98 Å². The van der Waals surface area contributed by atoms with Crippen molar-refractivity contribution in [3.8, 4) is 0 Å². The molecular formula is C9H23ClN2Si. The molecule has 0 saturated heterocycles. The van der Waals surface area contributed by atoms with Gasteiger partial charge in [-0.25, -0.2) is 0 Å². The lowest BCUT2D eigenvalue weighted by atomic mass is 10.6. The molecule has 0 bridgehead atoms. The Bertz CT molecular complexity index is 140. The quantitative estimate of drug-likeness (QED) is 0.549. The maximum Gasteiger partial charge on any atom is 0.307 e. The predicted molar refractivity (Wildman–Crippen MR) is 63.3 cm³/mol. The molecule has 0 radical (unpaired) electrons. The molecule has 80 valence electrons. The molecule has 1 unspecified atom stereocenters. The van der Waals surface area contributed by atoms with Crippen molar-refractivity contribution in [2.24, 2.45) is 0 Å². The summed E-state index contributed by atoms with van der Waals surface area (Å²) in [5.41, 5.74) is 0.536. The van der Waals surface area contributed by atoms with Gasteiger partial charge in [-0.05, 0) is 25.2 Å². The maximum absolute atomic E-state index is 6.69. The van der Waals surface area contributed by atoms with Gasteiger partial charge in [0.05, 0.1) is 0 Å². The fourth-order valence-corrected chi connectivity index (χ4v) is 5.51. The second kappa shape index (κ2) is 6.01. The van der Waals surface area contributed by atoms with E-state index in [4.69, 9.17) is 11.1 Å². The molecule has 0 saturated carbocycles. The van der Waals surface area contributed by atoms with Gasteiger partial charge in [0, 0.05) is 0 Å². The first-order valence-corrected chi connectivity index (χ1v) is 8.25. The van der Waals surface area contributed by atoms with Crippen molar-refractivity contribution in [3.05, 3.63) is 0 Å². The van der Waals surface area contributed by atoms with Crippen LogP contribution in [0.2, 0.25) is 5.54 Å². The average molecular weight is 223 g/mol. The van der Waals surface area contributed by atoms with Crippen LogP contribution in [0.3, 0.4) is 0 Å². The van der Waals surface area contributed by atoms with Crippen LogP contribution in [-0.2, 0) is 0 Å². The lowest BCUT2D eigenvalue weighted by molar-refractivity contribution is 0.451. The molecular weight excluding hydrogens is 200 g/mol. The van der Waals surface area contributed by atoms with E-state index in [2.05, 4.69) is 44.2 Å². The maximum atomic E-state index is 6.69. The first-order valence-electron chi connectivity index (χ1n) is 5.21. The van der Waals surface area contributed by atoms with Gasteiger partial charge in [-0.2, -0.15) is 0 Å². The predicted octanol–water partition coefficient (Wildman–Crippen LogP) is 2.53. The van der Waals surface area contributed by atoms with Crippen LogP contribution in [-0.4, -0.2) is 31.9 Å². The Morgan fingerprint density at radius 2 is 1.69 bits per heavy atom. The molecule has 0 aliphatic heterocycles. The van der Waals surface area contributed by atoms with Gasteiger partial charge in [-0.3, -0.25) is 0 Å². The van der Waals surface area contributed by atoms with Crippen molar-refractivity contribution < 1.29 is 0 Å². The highest BCUT2D eigenvalue weighted by Gasteiger charge is 2.39. The summed E-state index contributed by atoms with van der Waals surface area (Å²) in [4.78, 5) is 3.49. The number of rotatable bonds is 6. The summed E-state index contributed by atoms with van der Waals surface area (Å²) < 4.78 is 2.39. The molecule has 1 N–H and O–H groups in total. The van der Waals surface area contributed by atoms with E-state index < -0.39 is 7.71 Å². The van der Waals surface area contributed by atoms with E-state index in [9.17, 15) is 0 Å². The number of nitrogens with zero attached hydrogens (tertiary/aromatic N) is 1. The standard InChI is InChI=1S/C9H23ClN2Si/c1-6-11-13(10,9(4)5)12(7-2)8-3/h9,11H,6-8H2,1-5H3. The molecule has 1 atom stereocenters. The highest BCUT2D eigenvalue weighted by Crippen LogP contribution is 2.25. The van der Waals surface area contributed by atoms with Crippen LogP contribution in [0.1, 0.15) is 34.6 Å². The van der Waals surface area contributed by atoms with Crippen LogP contribution >= 0.6 is 11.1 Å². The molecule has 4 heteroatoms. The SMILES string of the molecule is CCN[Si](Cl)(C(C)C)N(CC)CC. The number of halogens is 1. The summed E-state index contributed by atoms with van der Waals surface area (Å²) in [6.07, 6.45) is 0. The second-order valence-corrected chi connectivity index (χ2v) is 8.75. The summed E-state index contributed by atoms with van der Waals surface area (Å²) in [7, 11) is -1.90. The zero-order valence-electron chi connectivity index (χ0n) is 9.52. The number of hydrogen-bond donors (Lipinski definition) is 1. The summed E-state index contributed by atoms with van der Waals surface area (Å²) in [5.74, 6) is 0. The van der Waals surface area contributed by atoms with Crippen molar-refractivity contribution in [1.29, 1.82) is 0 Å². The highest BCUT2D eigenvalue weighted by molar-refractivity contribution is 7.18. The molecule has 13 heavy (non-hydrogen) atoms. The van der Waals surface area contributed by atoms with Crippen LogP contribution in [0, 0.1) is 0 Å². The third-order valence-electron chi connectivity index (χ3n) is 2.41. The molecule has 0 aromatic heterocycles. The zero-order valence-corrected chi connectivity index (χ0v) is 11.3. The van der Waals surface area contributed by atoms with Gasteiger partial charge in [0.15, 0.2) is 0 Å². The Kier molecular flexibility index (Phi) is 6.21. The smallest absolute Gasteiger partial charge is 0.307 e. The fourth-order valence-electron chi connectivity index (χ4n) is 1.61. The van der Waals surface area contributed by atoms with Crippen LogP contribution in [0.15, 0.2) is 0 Å². The van der Waals surface area contributed by atoms with Crippen LogP contribution in [0.5, 0.6) is 0 Å². The average Bonchev–Trinajstić information content (AvgIpc) is 2.06. The van der Waals surface area contributed by atoms with E-state index in [0.29, 0.717) is 5.54 Å². The van der Waals surface area contributed by atoms with Crippen molar-refractivity contribution >= 4 is 18.8 Å². The Morgan fingerprint density at radius 3 is 1.92 bits per heavy atom. The van der Waals surface area contributed by atoms with Gasteiger partial charge in [-0.15, -0.1) is 11.1 Å². The van der Waals surface area contributed by atoms with Gasteiger partial charge in [0.25, 0.3) is 0 Å². The zero-order chi connectivity index (χ0) is 10.5. The van der Waals surface area contributed by atoms with E-state index in [0.717, 1.165) is 19.6 Å². The molecule has 0 fully saturated rings. The lowest BCUT2D eigenvalue weighted by Gasteiger charge is -2.38. The summed E-state index contributed by atoms with van der Waals surface area (Å²) in [6, 6.07) is 0. The van der Waals surface area contributed by atoms with Crippen molar-refractivity contribution in [2.45, 2.75) is 40.2 Å². The Balaban J connectivity index is 4.53. The number of nitrogens with one attached hydrogen (secondary N) is 1. The summed E-state index contributed by atoms with van der Waals surface area (Å²) >= 11 is 6.69. The van der Waals surface area contributed by atoms with Crippen molar-refractivity contribution in [3.63, 3.8) is 0 Å². The topological polar surface area (TPSA) is 15.3 Å². The molecule has 0 heterocycles. The van der Waals surface area contributed by atoms with Crippen LogP contribution in [0.4, 0.5) is 0 Å². The van der Waals surface area contributed by atoms with E-state index in [-0.39, 0.29) is 0 Å². The first-order chi connectivity index (χ1) is 6.02. The third-order valence-corrected chi connectivity index (χ3v) is 8.77. The molecule has 0 aromatic rings.